The van der Waals surface area contributed by atoms with E-state index in [0.29, 0.717) is 11.5 Å². The fraction of sp³-hybridized carbons (Fsp3) is 0. The number of hydrogen-bond donors (Lipinski definition) is 0. The van der Waals surface area contributed by atoms with E-state index < -0.39 is 0 Å². The van der Waals surface area contributed by atoms with E-state index in [2.05, 4.69) is 20.4 Å². The first-order chi connectivity index (χ1) is 5.86. The molecule has 0 atom stereocenters. The summed E-state index contributed by atoms with van der Waals surface area (Å²) in [7, 11) is 0. The van der Waals surface area contributed by atoms with E-state index in [1.54, 1.807) is 6.07 Å². The maximum absolute atomic E-state index is 5.43. The van der Waals surface area contributed by atoms with Crippen LogP contribution in [-0.4, -0.2) is 20.4 Å². The first-order valence-corrected chi connectivity index (χ1v) is 3.50. The van der Waals surface area contributed by atoms with Crippen LogP contribution in [-0.2, 0) is 0 Å². The van der Waals surface area contributed by atoms with Gasteiger partial charge in [-0.2, -0.15) is 10.2 Å². The molecule has 0 aliphatic heterocycles. The Balaban J connectivity index is 2.45. The predicted molar refractivity (Wildman–Crippen MR) is 40.3 cm³/mol. The molecule has 5 nitrogen and oxygen atoms in total. The largest absolute Gasteiger partial charge is 0.407 e. The van der Waals surface area contributed by atoms with E-state index in [9.17, 15) is 0 Å². The monoisotopic (exact) mass is 182 g/mol. The van der Waals surface area contributed by atoms with Gasteiger partial charge in [0.15, 0.2) is 0 Å². The van der Waals surface area contributed by atoms with Crippen LogP contribution in [0.25, 0.3) is 11.5 Å². The lowest BCUT2D eigenvalue weighted by molar-refractivity contribution is 0.570. The van der Waals surface area contributed by atoms with Crippen LogP contribution in [0.4, 0.5) is 0 Å². The minimum absolute atomic E-state index is 0.0156. The smallest absolute Gasteiger partial charge is 0.313 e. The molecule has 2 heterocycles. The van der Waals surface area contributed by atoms with Gasteiger partial charge in [-0.3, -0.25) is 0 Å². The number of aromatic nitrogens is 4. The van der Waals surface area contributed by atoms with E-state index in [-0.39, 0.29) is 5.35 Å². The second-order valence-electron chi connectivity index (χ2n) is 1.99. The van der Waals surface area contributed by atoms with Crippen LogP contribution in [0, 0.1) is 0 Å². The van der Waals surface area contributed by atoms with Crippen LogP contribution in [0.1, 0.15) is 0 Å². The maximum Gasteiger partial charge on any atom is 0.313 e. The fourth-order valence-electron chi connectivity index (χ4n) is 0.739. The fourth-order valence-corrected chi connectivity index (χ4v) is 0.850. The van der Waals surface area contributed by atoms with Gasteiger partial charge in [-0.1, -0.05) is 5.10 Å². The quantitative estimate of drug-likeness (QED) is 0.663. The highest BCUT2D eigenvalue weighted by atomic mass is 35.5. The Bertz CT molecular complexity index is 374. The Morgan fingerprint density at radius 3 is 2.75 bits per heavy atom. The van der Waals surface area contributed by atoms with Crippen molar-refractivity contribution in [1.82, 2.24) is 20.4 Å². The van der Waals surface area contributed by atoms with Crippen molar-refractivity contribution >= 4 is 11.6 Å². The van der Waals surface area contributed by atoms with Crippen molar-refractivity contribution in [3.63, 3.8) is 0 Å². The molecule has 2 aromatic rings. The summed E-state index contributed by atoms with van der Waals surface area (Å²) in [6.45, 7) is 0. The second-order valence-corrected chi connectivity index (χ2v) is 2.31. The molecule has 0 aliphatic rings. The van der Waals surface area contributed by atoms with Crippen molar-refractivity contribution in [3.8, 4) is 11.5 Å². The van der Waals surface area contributed by atoms with E-state index in [1.165, 1.54) is 12.4 Å². The first kappa shape index (κ1) is 7.17. The Labute approximate surface area is 72.4 Å². The third-order valence-electron chi connectivity index (χ3n) is 1.23. The molecule has 0 bridgehead atoms. The zero-order valence-electron chi connectivity index (χ0n) is 5.81. The molecule has 0 amide bonds. The van der Waals surface area contributed by atoms with Crippen molar-refractivity contribution in [2.75, 3.05) is 0 Å². The molecule has 12 heavy (non-hydrogen) atoms. The summed E-state index contributed by atoms with van der Waals surface area (Å²) < 4.78 is 4.94. The van der Waals surface area contributed by atoms with Crippen LogP contribution in [0.2, 0.25) is 5.35 Å². The highest BCUT2D eigenvalue weighted by Crippen LogP contribution is 2.17. The van der Waals surface area contributed by atoms with Crippen LogP contribution >= 0.6 is 11.6 Å². The molecule has 2 rings (SSSR count). The van der Waals surface area contributed by atoms with Gasteiger partial charge in [0.2, 0.25) is 0 Å². The Morgan fingerprint density at radius 1 is 1.25 bits per heavy atom. The zero-order chi connectivity index (χ0) is 8.39. The molecular formula is C6H3ClN4O. The second kappa shape index (κ2) is 2.86. The molecule has 0 unspecified atom stereocenters. The van der Waals surface area contributed by atoms with Crippen molar-refractivity contribution in [2.45, 2.75) is 0 Å². The van der Waals surface area contributed by atoms with Crippen molar-refractivity contribution in [1.29, 1.82) is 0 Å². The highest BCUT2D eigenvalue weighted by Gasteiger charge is 2.05. The van der Waals surface area contributed by atoms with Gasteiger partial charge in [0.25, 0.3) is 5.89 Å². The average Bonchev–Trinajstić information content (AvgIpc) is 2.54. The molecule has 60 valence electrons. The molecular weight excluding hydrogens is 180 g/mol. The Hall–Kier alpha value is -1.49. The summed E-state index contributed by atoms with van der Waals surface area (Å²) in [5.41, 5.74) is 0.699. The van der Waals surface area contributed by atoms with Crippen molar-refractivity contribution in [2.24, 2.45) is 0 Å². The predicted octanol–water partition coefficient (Wildman–Crippen LogP) is 1.18. The summed E-state index contributed by atoms with van der Waals surface area (Å²) in [5.74, 6) is 0.343. The van der Waals surface area contributed by atoms with Crippen molar-refractivity contribution in [3.05, 3.63) is 23.8 Å². The third kappa shape index (κ3) is 1.26. The Kier molecular flexibility index (Phi) is 1.71. The van der Waals surface area contributed by atoms with Crippen LogP contribution < -0.4 is 0 Å². The number of hydrogen-bond acceptors (Lipinski definition) is 5. The third-order valence-corrected chi connectivity index (χ3v) is 1.38. The van der Waals surface area contributed by atoms with E-state index in [0.717, 1.165) is 0 Å². The topological polar surface area (TPSA) is 64.7 Å². The molecule has 0 N–H and O–H groups in total. The van der Waals surface area contributed by atoms with Gasteiger partial charge in [0.1, 0.15) is 0 Å². The minimum Gasteiger partial charge on any atom is -0.407 e. The molecule has 0 spiro atoms. The number of halogens is 1. The van der Waals surface area contributed by atoms with E-state index >= 15 is 0 Å². The summed E-state index contributed by atoms with van der Waals surface area (Å²) in [6, 6.07) is 1.71. The molecule has 6 heteroatoms. The molecule has 0 saturated carbocycles. The Morgan fingerprint density at radius 2 is 2.17 bits per heavy atom. The van der Waals surface area contributed by atoms with Crippen LogP contribution in [0.15, 0.2) is 22.9 Å². The van der Waals surface area contributed by atoms with Gasteiger partial charge in [0, 0.05) is 0 Å². The lowest BCUT2D eigenvalue weighted by atomic mass is 10.3. The van der Waals surface area contributed by atoms with E-state index in [1.807, 2.05) is 0 Å². The van der Waals surface area contributed by atoms with Gasteiger partial charge < -0.3 is 4.42 Å². The summed E-state index contributed by atoms with van der Waals surface area (Å²) in [4.78, 5) is 0. The molecule has 0 saturated heterocycles. The standard InChI is InChI=1S/C6H3ClN4O/c7-6-11-10-5(12-6)4-1-2-8-9-3-4/h1-3H. The molecule has 0 radical (unpaired) electrons. The van der Waals surface area contributed by atoms with Gasteiger partial charge in [0.05, 0.1) is 18.0 Å². The first-order valence-electron chi connectivity index (χ1n) is 3.12. The van der Waals surface area contributed by atoms with E-state index in [4.69, 9.17) is 16.0 Å². The molecule has 0 aromatic carbocycles. The summed E-state index contributed by atoms with van der Waals surface area (Å²) in [6.07, 6.45) is 3.05. The highest BCUT2D eigenvalue weighted by molar-refractivity contribution is 6.27. The molecule has 2 aromatic heterocycles. The number of nitrogens with zero attached hydrogens (tertiary/aromatic N) is 4. The van der Waals surface area contributed by atoms with Crippen molar-refractivity contribution < 1.29 is 4.42 Å². The molecule has 0 fully saturated rings. The normalized spacial score (nSPS) is 10.1. The number of rotatable bonds is 1. The van der Waals surface area contributed by atoms with Crippen LogP contribution in [0.3, 0.4) is 0 Å². The van der Waals surface area contributed by atoms with Gasteiger partial charge in [-0.15, -0.1) is 5.10 Å². The summed E-state index contributed by atoms with van der Waals surface area (Å²) >= 11 is 5.43. The molecule has 0 aliphatic carbocycles. The summed E-state index contributed by atoms with van der Waals surface area (Å²) in [5, 5.41) is 14.4. The zero-order valence-corrected chi connectivity index (χ0v) is 6.56. The van der Waals surface area contributed by atoms with Gasteiger partial charge in [-0.05, 0) is 17.7 Å². The van der Waals surface area contributed by atoms with Gasteiger partial charge >= 0.3 is 5.35 Å². The van der Waals surface area contributed by atoms with Crippen LogP contribution in [0.5, 0.6) is 0 Å². The lowest BCUT2D eigenvalue weighted by Crippen LogP contribution is -1.81. The average molecular weight is 183 g/mol. The maximum atomic E-state index is 5.43. The lowest BCUT2D eigenvalue weighted by Gasteiger charge is -1.88. The minimum atomic E-state index is 0.0156. The van der Waals surface area contributed by atoms with Gasteiger partial charge in [-0.25, -0.2) is 0 Å². The SMILES string of the molecule is Clc1nnc(-c2ccnnc2)o1.